The number of Topliss-reactive ketones (excluding diaryl/α,β-unsaturated/α-hetero) is 1. The average Bonchev–Trinajstić information content (AvgIpc) is 3.46. The van der Waals surface area contributed by atoms with E-state index in [9.17, 15) is 9.59 Å². The fraction of sp³-hybridized carbons (Fsp3) is 0.364. The van der Waals surface area contributed by atoms with E-state index in [-0.39, 0.29) is 24.2 Å². The summed E-state index contributed by atoms with van der Waals surface area (Å²) >= 11 is 6.30. The van der Waals surface area contributed by atoms with Crippen molar-refractivity contribution < 1.29 is 19.1 Å². The van der Waals surface area contributed by atoms with Crippen LogP contribution in [0.3, 0.4) is 0 Å². The normalized spacial score (nSPS) is 14.2. The molecule has 0 saturated heterocycles. The Morgan fingerprint density at radius 2 is 1.82 bits per heavy atom. The Morgan fingerprint density at radius 3 is 2.43 bits per heavy atom. The second-order valence-corrected chi connectivity index (χ2v) is 7.61. The first-order valence-corrected chi connectivity index (χ1v) is 9.79. The Kier molecular flexibility index (Phi) is 6.57. The maximum atomic E-state index is 12.3. The van der Waals surface area contributed by atoms with Crippen LogP contribution in [-0.4, -0.2) is 24.3 Å². The predicted octanol–water partition coefficient (Wildman–Crippen LogP) is 5.02. The number of carbonyl (C=O) groups is 2. The van der Waals surface area contributed by atoms with Gasteiger partial charge in [0, 0.05) is 31.0 Å². The molecule has 0 aromatic heterocycles. The predicted molar refractivity (Wildman–Crippen MR) is 108 cm³/mol. The topological polar surface area (TPSA) is 64.6 Å². The molecule has 1 atom stereocenters. The standard InChI is InChI=1S/C22H24ClNO4/c1-14(24-15(2)25)11-21(26)17-5-7-18(8-6-17)28-22-10-9-19(12-20(22)23)27-13-16-3-4-16/h5-10,12,14,16H,3-4,11,13H2,1-2H3,(H,24,25)/t14-/m0/s1. The summed E-state index contributed by atoms with van der Waals surface area (Å²) < 4.78 is 11.5. The van der Waals surface area contributed by atoms with E-state index in [1.807, 2.05) is 6.07 Å². The van der Waals surface area contributed by atoms with E-state index in [0.717, 1.165) is 12.4 Å². The third-order valence-electron chi connectivity index (χ3n) is 4.43. The van der Waals surface area contributed by atoms with Gasteiger partial charge >= 0.3 is 0 Å². The molecule has 2 aromatic rings. The van der Waals surface area contributed by atoms with Crippen LogP contribution >= 0.6 is 11.6 Å². The Bertz CT molecular complexity index is 846. The summed E-state index contributed by atoms with van der Waals surface area (Å²) in [6.07, 6.45) is 2.72. The number of hydrogen-bond acceptors (Lipinski definition) is 4. The lowest BCUT2D eigenvalue weighted by Gasteiger charge is -2.12. The van der Waals surface area contributed by atoms with Gasteiger partial charge in [-0.15, -0.1) is 0 Å². The summed E-state index contributed by atoms with van der Waals surface area (Å²) in [7, 11) is 0. The number of ether oxygens (including phenoxy) is 2. The van der Waals surface area contributed by atoms with Crippen LogP contribution in [-0.2, 0) is 4.79 Å². The molecule has 6 heteroatoms. The molecule has 0 radical (unpaired) electrons. The van der Waals surface area contributed by atoms with Crippen LogP contribution in [0.4, 0.5) is 0 Å². The zero-order chi connectivity index (χ0) is 20.1. The molecular formula is C22H24ClNO4. The van der Waals surface area contributed by atoms with Crippen LogP contribution in [0.25, 0.3) is 0 Å². The largest absolute Gasteiger partial charge is 0.493 e. The highest BCUT2D eigenvalue weighted by Gasteiger charge is 2.22. The summed E-state index contributed by atoms with van der Waals surface area (Å²) in [6.45, 7) is 3.97. The minimum atomic E-state index is -0.208. The van der Waals surface area contributed by atoms with E-state index in [0.29, 0.717) is 28.0 Å². The molecule has 1 aliphatic carbocycles. The fourth-order valence-corrected chi connectivity index (χ4v) is 2.99. The van der Waals surface area contributed by atoms with Gasteiger partial charge in [-0.3, -0.25) is 9.59 Å². The molecule has 148 valence electrons. The van der Waals surface area contributed by atoms with Crippen LogP contribution in [0.1, 0.15) is 43.5 Å². The van der Waals surface area contributed by atoms with Gasteiger partial charge in [-0.05, 0) is 62.1 Å². The first-order chi connectivity index (χ1) is 13.4. The van der Waals surface area contributed by atoms with E-state index in [1.54, 1.807) is 43.3 Å². The smallest absolute Gasteiger partial charge is 0.217 e. The van der Waals surface area contributed by atoms with Crippen LogP contribution in [0.2, 0.25) is 5.02 Å². The number of hydrogen-bond donors (Lipinski definition) is 1. The van der Waals surface area contributed by atoms with E-state index >= 15 is 0 Å². The lowest BCUT2D eigenvalue weighted by Crippen LogP contribution is -2.32. The quantitative estimate of drug-likeness (QED) is 0.599. The van der Waals surface area contributed by atoms with Crippen LogP contribution in [0, 0.1) is 5.92 Å². The van der Waals surface area contributed by atoms with Crippen molar-refractivity contribution in [1.82, 2.24) is 5.32 Å². The summed E-state index contributed by atoms with van der Waals surface area (Å²) in [5, 5.41) is 3.18. The van der Waals surface area contributed by atoms with Crippen molar-refractivity contribution in [3.8, 4) is 17.2 Å². The molecule has 1 saturated carbocycles. The molecule has 1 fully saturated rings. The number of nitrogens with one attached hydrogen (secondary N) is 1. The number of carbonyl (C=O) groups excluding carboxylic acids is 2. The molecule has 0 heterocycles. The lowest BCUT2D eigenvalue weighted by atomic mass is 10.0. The summed E-state index contributed by atoms with van der Waals surface area (Å²) in [5.74, 6) is 2.34. The summed E-state index contributed by atoms with van der Waals surface area (Å²) in [4.78, 5) is 23.3. The molecule has 1 N–H and O–H groups in total. The summed E-state index contributed by atoms with van der Waals surface area (Å²) in [5.41, 5.74) is 0.569. The minimum absolute atomic E-state index is 0.0389. The highest BCUT2D eigenvalue weighted by Crippen LogP contribution is 2.34. The lowest BCUT2D eigenvalue weighted by molar-refractivity contribution is -0.119. The van der Waals surface area contributed by atoms with Crippen molar-refractivity contribution in [3.05, 3.63) is 53.1 Å². The molecule has 28 heavy (non-hydrogen) atoms. The third kappa shape index (κ3) is 5.99. The Hall–Kier alpha value is -2.53. The SMILES string of the molecule is CC(=O)N[C@@H](C)CC(=O)c1ccc(Oc2ccc(OCC3CC3)cc2Cl)cc1. The zero-order valence-electron chi connectivity index (χ0n) is 16.0. The molecule has 0 aliphatic heterocycles. The van der Waals surface area contributed by atoms with E-state index in [1.165, 1.54) is 19.8 Å². The van der Waals surface area contributed by atoms with Gasteiger partial charge < -0.3 is 14.8 Å². The number of amides is 1. The highest BCUT2D eigenvalue weighted by molar-refractivity contribution is 6.32. The van der Waals surface area contributed by atoms with Gasteiger partial charge in [0.05, 0.1) is 11.6 Å². The molecule has 2 aromatic carbocycles. The second-order valence-electron chi connectivity index (χ2n) is 7.20. The molecule has 5 nitrogen and oxygen atoms in total. The van der Waals surface area contributed by atoms with Gasteiger partial charge in [0.1, 0.15) is 17.2 Å². The third-order valence-corrected chi connectivity index (χ3v) is 4.73. The highest BCUT2D eigenvalue weighted by atomic mass is 35.5. The molecule has 0 bridgehead atoms. The fourth-order valence-electron chi connectivity index (χ4n) is 2.78. The van der Waals surface area contributed by atoms with Crippen molar-refractivity contribution in [2.45, 2.75) is 39.2 Å². The maximum absolute atomic E-state index is 12.3. The van der Waals surface area contributed by atoms with Gasteiger partial charge in [0.15, 0.2) is 5.78 Å². The average molecular weight is 402 g/mol. The van der Waals surface area contributed by atoms with Gasteiger partial charge in [-0.2, -0.15) is 0 Å². The minimum Gasteiger partial charge on any atom is -0.493 e. The van der Waals surface area contributed by atoms with Crippen molar-refractivity contribution in [1.29, 1.82) is 0 Å². The number of halogens is 1. The monoisotopic (exact) mass is 401 g/mol. The molecular weight excluding hydrogens is 378 g/mol. The molecule has 1 aliphatic rings. The van der Waals surface area contributed by atoms with E-state index in [4.69, 9.17) is 21.1 Å². The Balaban J connectivity index is 1.57. The van der Waals surface area contributed by atoms with Crippen molar-refractivity contribution in [2.75, 3.05) is 6.61 Å². The van der Waals surface area contributed by atoms with Crippen molar-refractivity contribution in [3.63, 3.8) is 0 Å². The van der Waals surface area contributed by atoms with Crippen LogP contribution in [0.5, 0.6) is 17.2 Å². The van der Waals surface area contributed by atoms with E-state index < -0.39 is 0 Å². The number of benzene rings is 2. The van der Waals surface area contributed by atoms with Crippen molar-refractivity contribution >= 4 is 23.3 Å². The van der Waals surface area contributed by atoms with Gasteiger partial charge in [0.2, 0.25) is 5.91 Å². The molecule has 0 unspecified atom stereocenters. The molecule has 1 amide bonds. The second kappa shape index (κ2) is 9.11. The first kappa shape index (κ1) is 20.2. The number of rotatable bonds is 9. The first-order valence-electron chi connectivity index (χ1n) is 9.41. The summed E-state index contributed by atoms with van der Waals surface area (Å²) in [6, 6.07) is 12.0. The van der Waals surface area contributed by atoms with Crippen LogP contribution < -0.4 is 14.8 Å². The van der Waals surface area contributed by atoms with Gasteiger partial charge in [0.25, 0.3) is 0 Å². The number of ketones is 1. The van der Waals surface area contributed by atoms with Crippen molar-refractivity contribution in [2.24, 2.45) is 5.92 Å². The zero-order valence-corrected chi connectivity index (χ0v) is 16.8. The molecule has 3 rings (SSSR count). The Labute approximate surface area is 170 Å². The molecule has 0 spiro atoms. The van der Waals surface area contributed by atoms with Gasteiger partial charge in [-0.25, -0.2) is 0 Å². The Morgan fingerprint density at radius 1 is 1.14 bits per heavy atom. The van der Waals surface area contributed by atoms with E-state index in [2.05, 4.69) is 5.32 Å². The maximum Gasteiger partial charge on any atom is 0.217 e. The van der Waals surface area contributed by atoms with Crippen LogP contribution in [0.15, 0.2) is 42.5 Å². The van der Waals surface area contributed by atoms with Gasteiger partial charge in [-0.1, -0.05) is 11.6 Å².